The van der Waals surface area contributed by atoms with Crippen LogP contribution in [0.15, 0.2) is 0 Å². The zero-order valence-electron chi connectivity index (χ0n) is 7.15. The number of rotatable bonds is 5. The second kappa shape index (κ2) is 4.77. The first kappa shape index (κ1) is 14.1. The summed E-state index contributed by atoms with van der Waals surface area (Å²) < 4.78 is 56.8. The fraction of sp³-hybridized carbons (Fsp3) is 0.800. The van der Waals surface area contributed by atoms with E-state index in [-0.39, 0.29) is 0 Å². The number of carboxylic acid groups (broad SMARTS) is 1. The van der Waals surface area contributed by atoms with Crippen LogP contribution in [0.25, 0.3) is 0 Å². The Labute approximate surface area is 82.8 Å². The third kappa shape index (κ3) is 4.44. The van der Waals surface area contributed by atoms with Gasteiger partial charge in [-0.05, 0) is 6.42 Å². The van der Waals surface area contributed by atoms with Crippen LogP contribution >= 0.6 is 0 Å². The Balaban J connectivity index is 4.14. The number of hydrogen-bond acceptors (Lipinski definition) is 4. The molecule has 0 aromatic carbocycles. The fourth-order valence-electron chi connectivity index (χ4n) is 0.535. The molecule has 1 atom stereocenters. The van der Waals surface area contributed by atoms with Crippen LogP contribution in [0, 0.1) is 0 Å². The van der Waals surface area contributed by atoms with E-state index in [0.717, 1.165) is 4.72 Å². The molecule has 3 N–H and O–H groups in total. The zero-order chi connectivity index (χ0) is 12.3. The zero-order valence-corrected chi connectivity index (χ0v) is 7.97. The summed E-state index contributed by atoms with van der Waals surface area (Å²) in [5.74, 6) is -1.64. The number of halogens is 3. The van der Waals surface area contributed by atoms with Gasteiger partial charge in [-0.1, -0.05) is 0 Å². The van der Waals surface area contributed by atoms with E-state index in [9.17, 15) is 26.4 Å². The minimum Gasteiger partial charge on any atom is -0.479 e. The number of alkyl halides is 3. The van der Waals surface area contributed by atoms with Crippen LogP contribution in [0.4, 0.5) is 13.2 Å². The molecule has 90 valence electrons. The van der Waals surface area contributed by atoms with Crippen LogP contribution in [0.2, 0.25) is 0 Å². The number of aliphatic hydroxyl groups is 1. The number of hydrogen-bond donors (Lipinski definition) is 3. The van der Waals surface area contributed by atoms with Gasteiger partial charge in [-0.15, -0.1) is 0 Å². The Kier molecular flexibility index (Phi) is 4.49. The van der Waals surface area contributed by atoms with Crippen LogP contribution in [-0.4, -0.2) is 42.8 Å². The molecule has 0 spiro atoms. The molecule has 10 heteroatoms. The standard InChI is InChI=1S/C5H8F3NO5S/c6-5(7,8)15(13,14)9-2-1-3(10)4(11)12/h3,9-10H,1-2H2,(H,11,12). The smallest absolute Gasteiger partial charge is 0.479 e. The van der Waals surface area contributed by atoms with Crippen molar-refractivity contribution in [3.63, 3.8) is 0 Å². The second-order valence-electron chi connectivity index (χ2n) is 2.49. The van der Waals surface area contributed by atoms with E-state index in [0.29, 0.717) is 0 Å². The highest BCUT2D eigenvalue weighted by atomic mass is 32.2. The Hall–Kier alpha value is -0.870. The predicted molar refractivity (Wildman–Crippen MR) is 41.2 cm³/mol. The Morgan fingerprint density at radius 1 is 1.40 bits per heavy atom. The Morgan fingerprint density at radius 3 is 2.20 bits per heavy atom. The number of nitrogens with one attached hydrogen (secondary N) is 1. The molecule has 6 nitrogen and oxygen atoms in total. The molecule has 0 heterocycles. The average molecular weight is 251 g/mol. The van der Waals surface area contributed by atoms with Crippen molar-refractivity contribution in [2.45, 2.75) is 18.0 Å². The molecule has 0 aliphatic rings. The molecule has 0 bridgehead atoms. The lowest BCUT2D eigenvalue weighted by molar-refractivity contribution is -0.146. The van der Waals surface area contributed by atoms with Crippen molar-refractivity contribution in [3.05, 3.63) is 0 Å². The van der Waals surface area contributed by atoms with Crippen LogP contribution < -0.4 is 4.72 Å². The number of aliphatic hydroxyl groups excluding tert-OH is 1. The maximum Gasteiger partial charge on any atom is 0.511 e. The summed E-state index contributed by atoms with van der Waals surface area (Å²) in [6.07, 6.45) is -2.55. The first-order valence-electron chi connectivity index (χ1n) is 3.54. The summed E-state index contributed by atoms with van der Waals surface area (Å²) in [6.45, 7) is -0.810. The van der Waals surface area contributed by atoms with Crippen LogP contribution in [-0.2, 0) is 14.8 Å². The molecule has 1 unspecified atom stereocenters. The summed E-state index contributed by atoms with van der Waals surface area (Å²) in [5.41, 5.74) is -5.44. The molecule has 0 aliphatic carbocycles. The summed E-state index contributed by atoms with van der Waals surface area (Å²) >= 11 is 0. The molecule has 0 aromatic rings. The molecule has 15 heavy (non-hydrogen) atoms. The van der Waals surface area contributed by atoms with Crippen LogP contribution in [0.1, 0.15) is 6.42 Å². The molecular weight excluding hydrogens is 243 g/mol. The maximum atomic E-state index is 11.7. The minimum absolute atomic E-state index is 0.648. The second-order valence-corrected chi connectivity index (χ2v) is 4.24. The number of carbonyl (C=O) groups is 1. The van der Waals surface area contributed by atoms with Gasteiger partial charge >= 0.3 is 21.5 Å². The summed E-state index contributed by atoms with van der Waals surface area (Å²) in [5, 5.41) is 16.7. The van der Waals surface area contributed by atoms with E-state index in [2.05, 4.69) is 0 Å². The SMILES string of the molecule is O=C(O)C(O)CCNS(=O)(=O)C(F)(F)F. The Morgan fingerprint density at radius 2 is 1.87 bits per heavy atom. The summed E-state index contributed by atoms with van der Waals surface area (Å²) in [6, 6.07) is 0. The average Bonchev–Trinajstić information content (AvgIpc) is 2.01. The van der Waals surface area contributed by atoms with Crippen molar-refractivity contribution >= 4 is 16.0 Å². The molecule has 0 saturated heterocycles. The van der Waals surface area contributed by atoms with E-state index in [1.54, 1.807) is 0 Å². The number of sulfonamides is 1. The Bertz CT molecular complexity index is 324. The fourth-order valence-corrected chi connectivity index (χ4v) is 1.09. The van der Waals surface area contributed by atoms with Crippen molar-refractivity contribution in [2.75, 3.05) is 6.54 Å². The molecular formula is C5H8F3NO5S. The lowest BCUT2D eigenvalue weighted by Crippen LogP contribution is -2.38. The van der Waals surface area contributed by atoms with Crippen molar-refractivity contribution in [2.24, 2.45) is 0 Å². The summed E-state index contributed by atoms with van der Waals surface area (Å²) in [4.78, 5) is 10.0. The molecule has 0 radical (unpaired) electrons. The largest absolute Gasteiger partial charge is 0.511 e. The lowest BCUT2D eigenvalue weighted by Gasteiger charge is -2.10. The van der Waals surface area contributed by atoms with Gasteiger partial charge < -0.3 is 10.2 Å². The van der Waals surface area contributed by atoms with E-state index in [1.165, 1.54) is 0 Å². The van der Waals surface area contributed by atoms with Gasteiger partial charge in [-0.25, -0.2) is 17.9 Å². The monoisotopic (exact) mass is 251 g/mol. The van der Waals surface area contributed by atoms with Crippen molar-refractivity contribution in [1.82, 2.24) is 4.72 Å². The van der Waals surface area contributed by atoms with E-state index in [1.807, 2.05) is 0 Å². The third-order valence-electron chi connectivity index (χ3n) is 1.30. The highest BCUT2D eigenvalue weighted by molar-refractivity contribution is 7.90. The quantitative estimate of drug-likeness (QED) is 0.597. The molecule has 0 aromatic heterocycles. The van der Waals surface area contributed by atoms with Gasteiger partial charge in [0.15, 0.2) is 6.10 Å². The normalized spacial score (nSPS) is 14.9. The van der Waals surface area contributed by atoms with E-state index in [4.69, 9.17) is 10.2 Å². The van der Waals surface area contributed by atoms with Crippen LogP contribution in [0.5, 0.6) is 0 Å². The van der Waals surface area contributed by atoms with Gasteiger partial charge in [0, 0.05) is 6.54 Å². The highest BCUT2D eigenvalue weighted by Gasteiger charge is 2.45. The minimum atomic E-state index is -5.47. The van der Waals surface area contributed by atoms with Gasteiger partial charge in [-0.3, -0.25) is 0 Å². The topological polar surface area (TPSA) is 104 Å². The number of aliphatic carboxylic acids is 1. The summed E-state index contributed by atoms with van der Waals surface area (Å²) in [7, 11) is -5.47. The van der Waals surface area contributed by atoms with E-state index < -0.39 is 40.6 Å². The van der Waals surface area contributed by atoms with Gasteiger partial charge in [0.05, 0.1) is 0 Å². The third-order valence-corrected chi connectivity index (χ3v) is 2.49. The van der Waals surface area contributed by atoms with Gasteiger partial charge in [0.25, 0.3) is 0 Å². The highest BCUT2D eigenvalue weighted by Crippen LogP contribution is 2.21. The first-order valence-corrected chi connectivity index (χ1v) is 5.03. The first-order chi connectivity index (χ1) is 6.58. The van der Waals surface area contributed by atoms with Gasteiger partial charge in [0.1, 0.15) is 0 Å². The molecule has 0 amide bonds. The molecule has 0 saturated carbocycles. The van der Waals surface area contributed by atoms with E-state index >= 15 is 0 Å². The predicted octanol–water partition coefficient (Wildman–Crippen LogP) is -0.739. The molecule has 0 fully saturated rings. The van der Waals surface area contributed by atoms with Crippen LogP contribution in [0.3, 0.4) is 0 Å². The van der Waals surface area contributed by atoms with Crippen molar-refractivity contribution in [3.8, 4) is 0 Å². The van der Waals surface area contributed by atoms with Gasteiger partial charge in [0.2, 0.25) is 0 Å². The lowest BCUT2D eigenvalue weighted by atomic mass is 10.3. The number of carboxylic acids is 1. The van der Waals surface area contributed by atoms with Crippen molar-refractivity contribution in [1.29, 1.82) is 0 Å². The molecule has 0 rings (SSSR count). The van der Waals surface area contributed by atoms with Gasteiger partial charge in [-0.2, -0.15) is 13.2 Å². The van der Waals surface area contributed by atoms with Crippen molar-refractivity contribution < 1.29 is 36.6 Å². The molecule has 0 aliphatic heterocycles. The maximum absolute atomic E-state index is 11.7.